The Morgan fingerprint density at radius 1 is 1.15 bits per heavy atom. The first-order chi connectivity index (χ1) is 13.0. The minimum atomic E-state index is -0.523. The molecule has 0 aliphatic rings. The minimum absolute atomic E-state index is 0.0387. The molecule has 27 heavy (non-hydrogen) atoms. The number of H-pyrrole nitrogens is 1. The Morgan fingerprint density at radius 3 is 2.63 bits per heavy atom. The SMILES string of the molecule is CC(C)c1c(Sc2cccc3ccccc23)n(COCCO)c(=O)[nH]c1=O. The lowest BCUT2D eigenvalue weighted by Crippen LogP contribution is -2.35. The molecule has 142 valence electrons. The zero-order valence-electron chi connectivity index (χ0n) is 15.3. The molecular weight excluding hydrogens is 364 g/mol. The van der Waals surface area contributed by atoms with E-state index in [2.05, 4.69) is 4.98 Å². The van der Waals surface area contributed by atoms with Crippen LogP contribution in [0.4, 0.5) is 0 Å². The van der Waals surface area contributed by atoms with E-state index in [1.807, 2.05) is 56.3 Å². The molecule has 2 N–H and O–H groups in total. The molecule has 1 heterocycles. The van der Waals surface area contributed by atoms with Crippen molar-refractivity contribution in [1.82, 2.24) is 9.55 Å². The van der Waals surface area contributed by atoms with E-state index in [9.17, 15) is 9.59 Å². The Labute approximate surface area is 160 Å². The lowest BCUT2D eigenvalue weighted by Gasteiger charge is -2.18. The van der Waals surface area contributed by atoms with Gasteiger partial charge in [-0.3, -0.25) is 14.3 Å². The average molecular weight is 386 g/mol. The number of aromatic amines is 1. The number of aliphatic hydroxyl groups excluding tert-OH is 1. The molecule has 0 saturated heterocycles. The van der Waals surface area contributed by atoms with Crippen molar-refractivity contribution in [3.63, 3.8) is 0 Å². The fourth-order valence-corrected chi connectivity index (χ4v) is 4.25. The van der Waals surface area contributed by atoms with Gasteiger partial charge in [0.15, 0.2) is 0 Å². The van der Waals surface area contributed by atoms with Crippen LogP contribution in [0, 0.1) is 0 Å². The summed E-state index contributed by atoms with van der Waals surface area (Å²) < 4.78 is 6.78. The Balaban J connectivity index is 2.16. The van der Waals surface area contributed by atoms with Gasteiger partial charge in [0.1, 0.15) is 6.73 Å². The summed E-state index contributed by atoms with van der Waals surface area (Å²) in [6.45, 7) is 3.77. The third-order valence-electron chi connectivity index (χ3n) is 4.18. The van der Waals surface area contributed by atoms with Crippen LogP contribution in [0.3, 0.4) is 0 Å². The number of rotatable bonds is 7. The first-order valence-corrected chi connectivity index (χ1v) is 9.55. The van der Waals surface area contributed by atoms with Gasteiger partial charge in [-0.2, -0.15) is 0 Å². The molecule has 3 aromatic rings. The van der Waals surface area contributed by atoms with Gasteiger partial charge in [0.2, 0.25) is 0 Å². The summed E-state index contributed by atoms with van der Waals surface area (Å²) in [6, 6.07) is 13.9. The molecule has 7 heteroatoms. The number of ether oxygens (including phenoxy) is 1. The number of hydrogen-bond acceptors (Lipinski definition) is 5. The van der Waals surface area contributed by atoms with Gasteiger partial charge in [0, 0.05) is 4.90 Å². The first kappa shape index (κ1) is 19.4. The molecule has 0 radical (unpaired) electrons. The number of aliphatic hydroxyl groups is 1. The van der Waals surface area contributed by atoms with Crippen molar-refractivity contribution < 1.29 is 9.84 Å². The van der Waals surface area contributed by atoms with Crippen LogP contribution in [0.25, 0.3) is 10.8 Å². The molecular formula is C20H22N2O4S. The maximum absolute atomic E-state index is 12.5. The summed E-state index contributed by atoms with van der Waals surface area (Å²) in [5.74, 6) is -0.0732. The zero-order valence-corrected chi connectivity index (χ0v) is 16.1. The predicted octanol–water partition coefficient (Wildman–Crippen LogP) is 2.93. The van der Waals surface area contributed by atoms with E-state index < -0.39 is 5.69 Å². The van der Waals surface area contributed by atoms with E-state index in [0.717, 1.165) is 15.7 Å². The first-order valence-electron chi connectivity index (χ1n) is 8.74. The van der Waals surface area contributed by atoms with Crippen molar-refractivity contribution in [3.8, 4) is 0 Å². The van der Waals surface area contributed by atoms with Crippen LogP contribution in [0.5, 0.6) is 0 Å². The van der Waals surface area contributed by atoms with E-state index in [1.54, 1.807) is 0 Å². The van der Waals surface area contributed by atoms with E-state index in [0.29, 0.717) is 10.6 Å². The molecule has 0 fully saturated rings. The number of benzene rings is 2. The quantitative estimate of drug-likeness (QED) is 0.482. The van der Waals surface area contributed by atoms with Gasteiger partial charge in [-0.1, -0.05) is 62.0 Å². The Morgan fingerprint density at radius 2 is 1.89 bits per heavy atom. The molecule has 0 atom stereocenters. The van der Waals surface area contributed by atoms with Gasteiger partial charge in [-0.15, -0.1) is 0 Å². The zero-order chi connectivity index (χ0) is 19.4. The highest BCUT2D eigenvalue weighted by Gasteiger charge is 2.19. The number of hydrogen-bond donors (Lipinski definition) is 2. The highest BCUT2D eigenvalue weighted by molar-refractivity contribution is 7.99. The van der Waals surface area contributed by atoms with Crippen LogP contribution in [0.15, 0.2) is 62.0 Å². The van der Waals surface area contributed by atoms with Gasteiger partial charge in [0.05, 0.1) is 23.8 Å². The molecule has 0 saturated carbocycles. The summed E-state index contributed by atoms with van der Waals surface area (Å²) in [5.41, 5.74) is -0.360. The molecule has 2 aromatic carbocycles. The largest absolute Gasteiger partial charge is 0.394 e. The van der Waals surface area contributed by atoms with Crippen LogP contribution in [-0.2, 0) is 11.5 Å². The Bertz CT molecular complexity index is 1050. The van der Waals surface area contributed by atoms with Crippen molar-refractivity contribution >= 4 is 22.5 Å². The van der Waals surface area contributed by atoms with E-state index in [4.69, 9.17) is 9.84 Å². The maximum Gasteiger partial charge on any atom is 0.331 e. The van der Waals surface area contributed by atoms with Crippen LogP contribution in [-0.4, -0.2) is 27.9 Å². The van der Waals surface area contributed by atoms with Gasteiger partial charge in [-0.05, 0) is 22.8 Å². The second-order valence-corrected chi connectivity index (χ2v) is 7.43. The summed E-state index contributed by atoms with van der Waals surface area (Å²) in [6.07, 6.45) is 0. The normalized spacial score (nSPS) is 11.4. The fraction of sp³-hybridized carbons (Fsp3) is 0.300. The lowest BCUT2D eigenvalue weighted by atomic mass is 10.1. The van der Waals surface area contributed by atoms with Crippen molar-refractivity contribution in [2.24, 2.45) is 0 Å². The molecule has 0 unspecified atom stereocenters. The van der Waals surface area contributed by atoms with Gasteiger partial charge in [0.25, 0.3) is 5.56 Å². The fourth-order valence-electron chi connectivity index (χ4n) is 2.91. The molecule has 0 aliphatic heterocycles. The Hall–Kier alpha value is -2.35. The number of fused-ring (bicyclic) bond motifs is 1. The second kappa shape index (κ2) is 8.56. The molecule has 0 amide bonds. The smallest absolute Gasteiger partial charge is 0.331 e. The maximum atomic E-state index is 12.5. The van der Waals surface area contributed by atoms with Crippen molar-refractivity contribution in [1.29, 1.82) is 0 Å². The van der Waals surface area contributed by atoms with Crippen LogP contribution >= 0.6 is 11.8 Å². The van der Waals surface area contributed by atoms with E-state index in [1.165, 1.54) is 16.3 Å². The van der Waals surface area contributed by atoms with Crippen molar-refractivity contribution in [3.05, 3.63) is 68.9 Å². The van der Waals surface area contributed by atoms with Crippen LogP contribution < -0.4 is 11.2 Å². The van der Waals surface area contributed by atoms with Gasteiger partial charge in [-0.25, -0.2) is 4.79 Å². The van der Waals surface area contributed by atoms with Gasteiger partial charge < -0.3 is 9.84 Å². The molecule has 0 aliphatic carbocycles. The summed E-state index contributed by atoms with van der Waals surface area (Å²) in [5, 5.41) is 11.6. The van der Waals surface area contributed by atoms with E-state index >= 15 is 0 Å². The van der Waals surface area contributed by atoms with Crippen LogP contribution in [0.2, 0.25) is 0 Å². The lowest BCUT2D eigenvalue weighted by molar-refractivity contribution is 0.0410. The number of aromatic nitrogens is 2. The third-order valence-corrected chi connectivity index (χ3v) is 5.38. The molecule has 0 bridgehead atoms. The highest BCUT2D eigenvalue weighted by atomic mass is 32.2. The van der Waals surface area contributed by atoms with Gasteiger partial charge >= 0.3 is 5.69 Å². The topological polar surface area (TPSA) is 84.3 Å². The third kappa shape index (κ3) is 4.16. The van der Waals surface area contributed by atoms with Crippen molar-refractivity contribution in [2.45, 2.75) is 36.4 Å². The average Bonchev–Trinajstić information content (AvgIpc) is 2.64. The van der Waals surface area contributed by atoms with Crippen molar-refractivity contribution in [2.75, 3.05) is 13.2 Å². The van der Waals surface area contributed by atoms with Crippen LogP contribution in [0.1, 0.15) is 25.3 Å². The molecule has 0 spiro atoms. The molecule has 6 nitrogen and oxygen atoms in total. The second-order valence-electron chi connectivity index (χ2n) is 6.40. The minimum Gasteiger partial charge on any atom is -0.394 e. The summed E-state index contributed by atoms with van der Waals surface area (Å²) in [7, 11) is 0. The monoisotopic (exact) mass is 386 g/mol. The summed E-state index contributed by atoms with van der Waals surface area (Å²) >= 11 is 1.39. The predicted molar refractivity (Wildman–Crippen MR) is 107 cm³/mol. The number of nitrogens with one attached hydrogen (secondary N) is 1. The van der Waals surface area contributed by atoms with E-state index in [-0.39, 0.29) is 31.4 Å². The molecule has 3 rings (SSSR count). The standard InChI is InChI=1S/C20H22N2O4S/c1-13(2)17-18(24)21-20(25)22(12-26-11-10-23)19(17)27-16-9-5-7-14-6-3-4-8-15(14)16/h3-9,13,23H,10-12H2,1-2H3,(H,21,24,25). The number of nitrogens with zero attached hydrogens (tertiary/aromatic N) is 1. The highest BCUT2D eigenvalue weighted by Crippen LogP contribution is 2.35. The molecule has 1 aromatic heterocycles. The summed E-state index contributed by atoms with van der Waals surface area (Å²) in [4.78, 5) is 28.2. The Kier molecular flexibility index (Phi) is 6.15.